The van der Waals surface area contributed by atoms with Crippen LogP contribution in [0.25, 0.3) is 0 Å². The van der Waals surface area contributed by atoms with E-state index in [0.29, 0.717) is 11.7 Å². The number of nitrogens with zero attached hydrogens (tertiary/aromatic N) is 1. The average Bonchev–Trinajstić information content (AvgIpc) is 2.17. The van der Waals surface area contributed by atoms with E-state index in [2.05, 4.69) is 15.5 Å². The number of aromatic amines is 1. The maximum Gasteiger partial charge on any atom is 0.338 e. The van der Waals surface area contributed by atoms with Crippen molar-refractivity contribution >= 4 is 24.0 Å². The molecule has 1 fully saturated rings. The number of carboxylic acids is 1. The van der Waals surface area contributed by atoms with Crippen LogP contribution in [0.3, 0.4) is 0 Å². The molecule has 0 saturated heterocycles. The summed E-state index contributed by atoms with van der Waals surface area (Å²) in [6.07, 6.45) is 3.76. The third-order valence-electron chi connectivity index (χ3n) is 2.83. The lowest BCUT2D eigenvalue weighted by atomic mass is 9.85. The molecule has 2 rings (SSSR count). The number of rotatable bonds is 4. The molecule has 1 aromatic rings. The first kappa shape index (κ1) is 11.1. The number of carbonyl (C=O) groups is 1. The summed E-state index contributed by atoms with van der Waals surface area (Å²) in [4.78, 5) is 10.8. The van der Waals surface area contributed by atoms with Gasteiger partial charge in [-0.1, -0.05) is 18.6 Å². The fourth-order valence-electron chi connectivity index (χ4n) is 1.60. The van der Waals surface area contributed by atoms with Crippen LogP contribution in [0.4, 0.5) is 5.82 Å². The van der Waals surface area contributed by atoms with E-state index >= 15 is 0 Å². The highest BCUT2D eigenvalue weighted by Crippen LogP contribution is 2.26. The molecule has 1 saturated carbocycles. The molecule has 3 N–H and O–H groups in total. The molecule has 0 aliphatic heterocycles. The molecule has 0 spiro atoms. The molecular formula is C10H13N3O2S. The standard InChI is InChI=1S/C10H13N3O2S/c14-10(15)7-4-8(12-13-9(7)16)11-5-6-2-1-3-6/h4,6H,1-3,5H2,(H,11,12)(H,13,16)(H,14,15). The number of hydrogen-bond donors (Lipinski definition) is 3. The van der Waals surface area contributed by atoms with E-state index in [1.165, 1.54) is 25.3 Å². The minimum Gasteiger partial charge on any atom is -0.478 e. The molecule has 0 amide bonds. The second-order valence-corrected chi connectivity index (χ2v) is 4.39. The molecule has 1 heterocycles. The predicted octanol–water partition coefficient (Wildman–Crippen LogP) is 2.05. The van der Waals surface area contributed by atoms with Crippen molar-refractivity contribution in [2.45, 2.75) is 19.3 Å². The van der Waals surface area contributed by atoms with Crippen LogP contribution >= 0.6 is 12.2 Å². The van der Waals surface area contributed by atoms with Gasteiger partial charge in [0.15, 0.2) is 0 Å². The lowest BCUT2D eigenvalue weighted by Gasteiger charge is -2.25. The number of H-pyrrole nitrogens is 1. The molecular weight excluding hydrogens is 226 g/mol. The van der Waals surface area contributed by atoms with Crippen LogP contribution in [0.15, 0.2) is 6.07 Å². The summed E-state index contributed by atoms with van der Waals surface area (Å²) in [5.41, 5.74) is 0.0844. The molecule has 0 radical (unpaired) electrons. The molecule has 1 aliphatic rings. The van der Waals surface area contributed by atoms with Crippen molar-refractivity contribution in [3.05, 3.63) is 16.3 Å². The van der Waals surface area contributed by atoms with E-state index < -0.39 is 5.97 Å². The van der Waals surface area contributed by atoms with Crippen molar-refractivity contribution in [1.29, 1.82) is 0 Å². The number of hydrogen-bond acceptors (Lipinski definition) is 4. The van der Waals surface area contributed by atoms with Gasteiger partial charge in [-0.2, -0.15) is 5.10 Å². The predicted molar refractivity (Wildman–Crippen MR) is 62.2 cm³/mol. The van der Waals surface area contributed by atoms with Crippen molar-refractivity contribution in [3.8, 4) is 0 Å². The van der Waals surface area contributed by atoms with E-state index in [1.807, 2.05) is 0 Å². The fraction of sp³-hybridized carbons (Fsp3) is 0.500. The molecule has 0 atom stereocenters. The number of nitrogens with one attached hydrogen (secondary N) is 2. The van der Waals surface area contributed by atoms with E-state index in [9.17, 15) is 4.79 Å². The third kappa shape index (κ3) is 2.38. The van der Waals surface area contributed by atoms with Gasteiger partial charge in [0.25, 0.3) is 0 Å². The van der Waals surface area contributed by atoms with Crippen molar-refractivity contribution in [1.82, 2.24) is 10.2 Å². The van der Waals surface area contributed by atoms with Gasteiger partial charge in [-0.3, -0.25) is 5.10 Å². The first-order chi connectivity index (χ1) is 7.66. The van der Waals surface area contributed by atoms with Crippen LogP contribution in [0.2, 0.25) is 0 Å². The molecule has 6 heteroatoms. The normalized spacial score (nSPS) is 15.5. The highest BCUT2D eigenvalue weighted by molar-refractivity contribution is 7.71. The van der Waals surface area contributed by atoms with Crippen LogP contribution < -0.4 is 5.32 Å². The van der Waals surface area contributed by atoms with Crippen LogP contribution in [0.5, 0.6) is 0 Å². The van der Waals surface area contributed by atoms with Crippen LogP contribution in [0, 0.1) is 10.6 Å². The number of aromatic carboxylic acids is 1. The SMILES string of the molecule is O=C(O)c1cc(NCC2CCC2)n[nH]c1=S. The van der Waals surface area contributed by atoms with Gasteiger partial charge in [0.2, 0.25) is 0 Å². The number of carboxylic acid groups (broad SMARTS) is 1. The third-order valence-corrected chi connectivity index (χ3v) is 3.14. The van der Waals surface area contributed by atoms with Gasteiger partial charge in [-0.25, -0.2) is 4.79 Å². The second kappa shape index (κ2) is 4.61. The van der Waals surface area contributed by atoms with E-state index in [1.54, 1.807) is 0 Å². The molecule has 0 aromatic carbocycles. The largest absolute Gasteiger partial charge is 0.478 e. The Bertz CT molecular complexity index is 454. The average molecular weight is 239 g/mol. The Balaban J connectivity index is 2.06. The van der Waals surface area contributed by atoms with Crippen LogP contribution in [-0.2, 0) is 0 Å². The summed E-state index contributed by atoms with van der Waals surface area (Å²) in [5, 5.41) is 18.5. The summed E-state index contributed by atoms with van der Waals surface area (Å²) in [7, 11) is 0. The highest BCUT2D eigenvalue weighted by atomic mass is 32.1. The molecule has 0 unspecified atom stereocenters. The van der Waals surface area contributed by atoms with Crippen molar-refractivity contribution in [2.24, 2.45) is 5.92 Å². The zero-order valence-corrected chi connectivity index (χ0v) is 9.51. The molecule has 0 bridgehead atoms. The van der Waals surface area contributed by atoms with Crippen LogP contribution in [-0.4, -0.2) is 27.8 Å². The van der Waals surface area contributed by atoms with Gasteiger partial charge in [0.05, 0.1) is 5.56 Å². The van der Waals surface area contributed by atoms with Gasteiger partial charge in [-0.15, -0.1) is 0 Å². The Morgan fingerprint density at radius 2 is 2.44 bits per heavy atom. The lowest BCUT2D eigenvalue weighted by Crippen LogP contribution is -2.21. The maximum atomic E-state index is 10.8. The summed E-state index contributed by atoms with van der Waals surface area (Å²) in [6.45, 7) is 0.844. The molecule has 86 valence electrons. The smallest absolute Gasteiger partial charge is 0.338 e. The van der Waals surface area contributed by atoms with Gasteiger partial charge < -0.3 is 10.4 Å². The Morgan fingerprint density at radius 3 is 3.00 bits per heavy atom. The van der Waals surface area contributed by atoms with Gasteiger partial charge >= 0.3 is 5.97 Å². The molecule has 5 nitrogen and oxygen atoms in total. The summed E-state index contributed by atoms with van der Waals surface area (Å²) >= 11 is 4.83. The second-order valence-electron chi connectivity index (χ2n) is 3.98. The topological polar surface area (TPSA) is 78.0 Å². The van der Waals surface area contributed by atoms with Gasteiger partial charge in [0.1, 0.15) is 10.5 Å². The number of anilines is 1. The Hall–Kier alpha value is -1.43. The van der Waals surface area contributed by atoms with Crippen LogP contribution in [0.1, 0.15) is 29.6 Å². The zero-order valence-electron chi connectivity index (χ0n) is 8.69. The Kier molecular flexibility index (Phi) is 3.19. The Morgan fingerprint density at radius 1 is 1.69 bits per heavy atom. The lowest BCUT2D eigenvalue weighted by molar-refractivity contribution is 0.0695. The first-order valence-corrected chi connectivity index (χ1v) is 5.64. The van der Waals surface area contributed by atoms with E-state index in [4.69, 9.17) is 17.3 Å². The monoisotopic (exact) mass is 239 g/mol. The maximum absolute atomic E-state index is 10.8. The van der Waals surface area contributed by atoms with Gasteiger partial charge in [-0.05, 0) is 24.8 Å². The van der Waals surface area contributed by atoms with Crippen molar-refractivity contribution in [2.75, 3.05) is 11.9 Å². The minimum absolute atomic E-state index is 0.0844. The highest BCUT2D eigenvalue weighted by Gasteiger charge is 2.17. The van der Waals surface area contributed by atoms with Gasteiger partial charge in [0, 0.05) is 6.54 Å². The van der Waals surface area contributed by atoms with Crippen molar-refractivity contribution in [3.63, 3.8) is 0 Å². The first-order valence-electron chi connectivity index (χ1n) is 5.23. The summed E-state index contributed by atoms with van der Waals surface area (Å²) in [6, 6.07) is 1.47. The molecule has 1 aromatic heterocycles. The molecule has 1 aliphatic carbocycles. The minimum atomic E-state index is -1.03. The zero-order chi connectivity index (χ0) is 11.5. The Labute approximate surface area is 97.9 Å². The fourth-order valence-corrected chi connectivity index (χ4v) is 1.79. The summed E-state index contributed by atoms with van der Waals surface area (Å²) in [5.74, 6) is 0.200. The number of aromatic nitrogens is 2. The van der Waals surface area contributed by atoms with E-state index in [-0.39, 0.29) is 10.2 Å². The quantitative estimate of drug-likeness (QED) is 0.701. The summed E-state index contributed by atoms with van der Waals surface area (Å²) < 4.78 is 0.154. The van der Waals surface area contributed by atoms with Crippen molar-refractivity contribution < 1.29 is 9.90 Å². The molecule has 16 heavy (non-hydrogen) atoms. The van der Waals surface area contributed by atoms with E-state index in [0.717, 1.165) is 6.54 Å².